The fourth-order valence-electron chi connectivity index (χ4n) is 6.06. The Labute approximate surface area is 208 Å². The predicted octanol–water partition coefficient (Wildman–Crippen LogP) is 5.82. The molecule has 5 nitrogen and oxygen atoms in total. The van der Waals surface area contributed by atoms with Gasteiger partial charge in [-0.1, -0.05) is 24.1 Å². The second-order valence-electron chi connectivity index (χ2n) is 10.8. The summed E-state index contributed by atoms with van der Waals surface area (Å²) in [5, 5.41) is 1.24. The minimum absolute atomic E-state index is 0.154. The van der Waals surface area contributed by atoms with E-state index in [4.69, 9.17) is 4.74 Å². The number of nitrogens with zero attached hydrogens (tertiary/aromatic N) is 3. The highest BCUT2D eigenvalue weighted by Crippen LogP contribution is 2.32. The van der Waals surface area contributed by atoms with Crippen LogP contribution in [0, 0.1) is 6.92 Å². The summed E-state index contributed by atoms with van der Waals surface area (Å²) in [5.74, 6) is 1.15. The summed E-state index contributed by atoms with van der Waals surface area (Å²) in [4.78, 5) is 17.6. The van der Waals surface area contributed by atoms with Crippen molar-refractivity contribution < 1.29 is 9.53 Å². The quantitative estimate of drug-likeness (QED) is 0.470. The van der Waals surface area contributed by atoms with E-state index in [1.807, 2.05) is 29.2 Å². The minimum atomic E-state index is 0.154. The number of benzene rings is 2. The Morgan fingerprint density at radius 2 is 1.57 bits per heavy atom. The molecular weight excluding hydrogens is 434 g/mol. The Balaban J connectivity index is 1.06. The van der Waals surface area contributed by atoms with Crippen LogP contribution < -0.4 is 4.74 Å². The van der Waals surface area contributed by atoms with Gasteiger partial charge in [0.1, 0.15) is 11.9 Å². The lowest BCUT2D eigenvalue weighted by Crippen LogP contribution is -2.46. The van der Waals surface area contributed by atoms with Crippen molar-refractivity contribution in [2.45, 2.75) is 70.1 Å². The monoisotopic (exact) mass is 471 g/mol. The second kappa shape index (κ2) is 9.69. The van der Waals surface area contributed by atoms with Crippen LogP contribution in [0.1, 0.15) is 66.9 Å². The molecule has 1 aliphatic carbocycles. The van der Waals surface area contributed by atoms with Crippen LogP contribution >= 0.6 is 0 Å². The molecule has 2 aromatic carbocycles. The van der Waals surface area contributed by atoms with Crippen molar-refractivity contribution in [2.75, 3.05) is 26.2 Å². The lowest BCUT2D eigenvalue weighted by molar-refractivity contribution is 0.0494. The largest absolute Gasteiger partial charge is 0.490 e. The van der Waals surface area contributed by atoms with Crippen LogP contribution in [0.4, 0.5) is 0 Å². The summed E-state index contributed by atoms with van der Waals surface area (Å²) < 4.78 is 8.81. The molecule has 1 amide bonds. The maximum atomic E-state index is 12.9. The van der Waals surface area contributed by atoms with Crippen LogP contribution in [0.25, 0.3) is 10.9 Å². The number of aryl methyl sites for hydroxylation is 1. The number of hydrogen-bond acceptors (Lipinski definition) is 3. The number of hydrogen-bond donors (Lipinski definition) is 0. The van der Waals surface area contributed by atoms with Gasteiger partial charge in [0.2, 0.25) is 0 Å². The van der Waals surface area contributed by atoms with Gasteiger partial charge in [0.25, 0.3) is 5.91 Å². The lowest BCUT2D eigenvalue weighted by Gasteiger charge is -2.41. The third kappa shape index (κ3) is 4.71. The number of fused-ring (bicyclic) bond motifs is 1. The third-order valence-corrected chi connectivity index (χ3v) is 8.51. The normalized spacial score (nSPS) is 20.8. The molecule has 3 fully saturated rings. The molecule has 35 heavy (non-hydrogen) atoms. The highest BCUT2D eigenvalue weighted by molar-refractivity contribution is 5.94. The van der Waals surface area contributed by atoms with Crippen LogP contribution in [0.3, 0.4) is 0 Å². The number of amides is 1. The zero-order chi connectivity index (χ0) is 23.8. The molecule has 184 valence electrons. The summed E-state index contributed by atoms with van der Waals surface area (Å²) in [5.41, 5.74) is 3.24. The van der Waals surface area contributed by atoms with Gasteiger partial charge in [-0.05, 0) is 81.8 Å². The van der Waals surface area contributed by atoms with E-state index < -0.39 is 0 Å². The molecule has 3 aliphatic rings. The van der Waals surface area contributed by atoms with E-state index in [9.17, 15) is 4.79 Å². The standard InChI is InChI=1S/C30H37N3O2/c1-22-5-7-23(8-6-22)30(34)32-16-12-26(13-17-32)33-20-11-24-21-28(9-10-29(24)33)35-27-14-18-31(19-15-27)25-3-2-4-25/h5-11,20-21,25-27H,2-4,12-19H2,1H3. The third-order valence-electron chi connectivity index (χ3n) is 8.51. The van der Waals surface area contributed by atoms with E-state index in [1.165, 1.54) is 48.8 Å². The van der Waals surface area contributed by atoms with Crippen molar-refractivity contribution >= 4 is 16.8 Å². The topological polar surface area (TPSA) is 37.7 Å². The maximum absolute atomic E-state index is 12.9. The summed E-state index contributed by atoms with van der Waals surface area (Å²) >= 11 is 0. The first-order chi connectivity index (χ1) is 17.1. The van der Waals surface area contributed by atoms with Gasteiger partial charge in [-0.2, -0.15) is 0 Å². The Morgan fingerprint density at radius 3 is 2.26 bits per heavy atom. The van der Waals surface area contributed by atoms with Crippen molar-refractivity contribution in [3.05, 3.63) is 65.9 Å². The first-order valence-corrected chi connectivity index (χ1v) is 13.5. The van der Waals surface area contributed by atoms with Gasteiger partial charge in [0.15, 0.2) is 0 Å². The second-order valence-corrected chi connectivity index (χ2v) is 10.8. The van der Waals surface area contributed by atoms with Crippen molar-refractivity contribution in [1.29, 1.82) is 0 Å². The SMILES string of the molecule is Cc1ccc(C(=O)N2CCC(n3ccc4cc(OC5CCN(C6CCC6)CC5)ccc43)CC2)cc1. The van der Waals surface area contributed by atoms with Crippen LogP contribution in [0.5, 0.6) is 5.75 Å². The number of likely N-dealkylation sites (tertiary alicyclic amines) is 2. The molecular formula is C30H37N3O2. The molecule has 0 unspecified atom stereocenters. The highest BCUT2D eigenvalue weighted by Gasteiger charge is 2.29. The number of rotatable bonds is 5. The minimum Gasteiger partial charge on any atom is -0.490 e. The molecule has 0 N–H and O–H groups in total. The van der Waals surface area contributed by atoms with Crippen molar-refractivity contribution in [3.8, 4) is 5.75 Å². The fourth-order valence-corrected chi connectivity index (χ4v) is 6.06. The van der Waals surface area contributed by atoms with Gasteiger partial charge in [0, 0.05) is 60.9 Å². The van der Waals surface area contributed by atoms with Gasteiger partial charge in [-0.3, -0.25) is 4.79 Å². The van der Waals surface area contributed by atoms with Gasteiger partial charge in [0.05, 0.1) is 0 Å². The van der Waals surface area contributed by atoms with Crippen LogP contribution in [0.15, 0.2) is 54.7 Å². The van der Waals surface area contributed by atoms with E-state index in [0.717, 1.165) is 56.1 Å². The molecule has 0 spiro atoms. The lowest BCUT2D eigenvalue weighted by atomic mass is 9.90. The first-order valence-electron chi connectivity index (χ1n) is 13.5. The van der Waals surface area contributed by atoms with Crippen LogP contribution in [-0.2, 0) is 0 Å². The molecule has 3 heterocycles. The van der Waals surface area contributed by atoms with Gasteiger partial charge < -0.3 is 19.1 Å². The maximum Gasteiger partial charge on any atom is 0.253 e. The summed E-state index contributed by atoms with van der Waals surface area (Å²) in [6.07, 6.45) is 11.0. The van der Waals surface area contributed by atoms with Crippen LogP contribution in [0.2, 0.25) is 0 Å². The molecule has 0 atom stereocenters. The molecule has 2 aliphatic heterocycles. The van der Waals surface area contributed by atoms with E-state index in [1.54, 1.807) is 0 Å². The molecule has 1 aromatic heterocycles. The fraction of sp³-hybridized carbons (Fsp3) is 0.500. The van der Waals surface area contributed by atoms with Gasteiger partial charge in [-0.15, -0.1) is 0 Å². The molecule has 6 rings (SSSR count). The van der Waals surface area contributed by atoms with E-state index in [-0.39, 0.29) is 5.91 Å². The summed E-state index contributed by atoms with van der Waals surface area (Å²) in [6.45, 7) is 6.02. The summed E-state index contributed by atoms with van der Waals surface area (Å²) in [7, 11) is 0. The number of carbonyl (C=O) groups excluding carboxylic acids is 1. The van der Waals surface area contributed by atoms with Crippen molar-refractivity contribution in [3.63, 3.8) is 0 Å². The number of piperidine rings is 2. The van der Waals surface area contributed by atoms with Gasteiger partial charge in [-0.25, -0.2) is 0 Å². The molecule has 1 saturated carbocycles. The Morgan fingerprint density at radius 1 is 0.829 bits per heavy atom. The average Bonchev–Trinajstić information content (AvgIpc) is 3.28. The smallest absolute Gasteiger partial charge is 0.253 e. The Kier molecular flexibility index (Phi) is 6.28. The van der Waals surface area contributed by atoms with E-state index >= 15 is 0 Å². The Bertz CT molecular complexity index is 1160. The first kappa shape index (κ1) is 22.7. The Hall–Kier alpha value is -2.79. The van der Waals surface area contributed by atoms with Crippen molar-refractivity contribution in [2.24, 2.45) is 0 Å². The van der Waals surface area contributed by atoms with Crippen LogP contribution in [-0.4, -0.2) is 58.6 Å². The molecule has 0 bridgehead atoms. The number of ether oxygens (including phenoxy) is 1. The molecule has 2 saturated heterocycles. The molecule has 0 radical (unpaired) electrons. The zero-order valence-electron chi connectivity index (χ0n) is 20.9. The molecule has 5 heteroatoms. The number of aromatic nitrogens is 1. The molecule has 3 aromatic rings. The van der Waals surface area contributed by atoms with Gasteiger partial charge >= 0.3 is 0 Å². The van der Waals surface area contributed by atoms with Crippen molar-refractivity contribution in [1.82, 2.24) is 14.4 Å². The summed E-state index contributed by atoms with van der Waals surface area (Å²) in [6, 6.07) is 18.0. The predicted molar refractivity (Wildman–Crippen MR) is 140 cm³/mol. The average molecular weight is 472 g/mol. The number of carbonyl (C=O) groups is 1. The highest BCUT2D eigenvalue weighted by atomic mass is 16.5. The van der Waals surface area contributed by atoms with E-state index in [2.05, 4.69) is 46.9 Å². The van der Waals surface area contributed by atoms with E-state index in [0.29, 0.717) is 12.1 Å². The zero-order valence-corrected chi connectivity index (χ0v) is 20.9.